The van der Waals surface area contributed by atoms with Crippen LogP contribution in [0.15, 0.2) is 36.7 Å². The van der Waals surface area contributed by atoms with Gasteiger partial charge in [-0.1, -0.05) is 0 Å². The molecular weight excluding hydrogens is 358 g/mol. The number of rotatable bonds is 7. The molecule has 2 aromatic heterocycles. The second kappa shape index (κ2) is 7.85. The van der Waals surface area contributed by atoms with Crippen molar-refractivity contribution < 1.29 is 14.3 Å². The summed E-state index contributed by atoms with van der Waals surface area (Å²) in [5, 5.41) is 8.01. The first-order valence-corrected chi connectivity index (χ1v) is 8.90. The molecular formula is C20H25N5O3. The van der Waals surface area contributed by atoms with Gasteiger partial charge in [0.15, 0.2) is 5.65 Å². The van der Waals surface area contributed by atoms with Crippen molar-refractivity contribution in [3.8, 4) is 11.5 Å². The van der Waals surface area contributed by atoms with Gasteiger partial charge in [0, 0.05) is 35.3 Å². The van der Waals surface area contributed by atoms with Crippen molar-refractivity contribution in [2.45, 2.75) is 25.9 Å². The monoisotopic (exact) mass is 383 g/mol. The molecule has 8 nitrogen and oxygen atoms in total. The van der Waals surface area contributed by atoms with Crippen molar-refractivity contribution in [2.24, 2.45) is 5.73 Å². The predicted molar refractivity (Wildman–Crippen MR) is 107 cm³/mol. The molecule has 0 unspecified atom stereocenters. The van der Waals surface area contributed by atoms with Gasteiger partial charge >= 0.3 is 0 Å². The van der Waals surface area contributed by atoms with E-state index in [2.05, 4.69) is 15.4 Å². The minimum Gasteiger partial charge on any atom is -0.497 e. The van der Waals surface area contributed by atoms with Gasteiger partial charge < -0.3 is 20.5 Å². The first-order chi connectivity index (χ1) is 13.3. The fraction of sp³-hybridized carbons (Fsp3) is 0.350. The zero-order chi connectivity index (χ0) is 20.3. The Labute approximate surface area is 163 Å². The Bertz CT molecular complexity index is 991. The highest BCUT2D eigenvalue weighted by molar-refractivity contribution is 5.96. The maximum absolute atomic E-state index is 12.3. The number of nitrogens with zero attached hydrogens (tertiary/aromatic N) is 3. The van der Waals surface area contributed by atoms with Gasteiger partial charge in [-0.05, 0) is 32.0 Å². The Hall–Kier alpha value is -3.13. The molecule has 0 aliphatic rings. The van der Waals surface area contributed by atoms with E-state index in [1.54, 1.807) is 37.4 Å². The molecule has 148 valence electrons. The van der Waals surface area contributed by atoms with Crippen LogP contribution < -0.4 is 20.5 Å². The molecule has 0 fully saturated rings. The van der Waals surface area contributed by atoms with Gasteiger partial charge in [-0.2, -0.15) is 5.10 Å². The minimum absolute atomic E-state index is 0.211. The number of nitrogens with one attached hydrogen (secondary N) is 1. The van der Waals surface area contributed by atoms with E-state index >= 15 is 0 Å². The standard InChI is InChI=1S/C20H25N5O3/c1-20(2,21)12-23-19(26)15-7-14-10-24-25(18(14)22-9-15)11-13-5-6-16(27-3)8-17(13)28-4/h5-10H,11-12,21H2,1-4H3,(H,23,26). The summed E-state index contributed by atoms with van der Waals surface area (Å²) in [6.07, 6.45) is 3.24. The highest BCUT2D eigenvalue weighted by atomic mass is 16.5. The van der Waals surface area contributed by atoms with Crippen LogP contribution in [0, 0.1) is 0 Å². The third-order valence-electron chi connectivity index (χ3n) is 4.26. The highest BCUT2D eigenvalue weighted by Crippen LogP contribution is 2.26. The molecule has 2 heterocycles. The maximum Gasteiger partial charge on any atom is 0.252 e. The van der Waals surface area contributed by atoms with Gasteiger partial charge in [0.05, 0.1) is 32.5 Å². The lowest BCUT2D eigenvalue weighted by atomic mass is 10.1. The van der Waals surface area contributed by atoms with E-state index in [-0.39, 0.29) is 5.91 Å². The number of fused-ring (bicyclic) bond motifs is 1. The molecule has 0 aliphatic carbocycles. The Morgan fingerprint density at radius 1 is 1.21 bits per heavy atom. The first kappa shape index (κ1) is 19.6. The van der Waals surface area contributed by atoms with Gasteiger partial charge in [-0.15, -0.1) is 0 Å². The zero-order valence-corrected chi connectivity index (χ0v) is 16.5. The third kappa shape index (κ3) is 4.40. The Kier molecular flexibility index (Phi) is 5.51. The number of carbonyl (C=O) groups excluding carboxylic acids is 1. The quantitative estimate of drug-likeness (QED) is 0.646. The Morgan fingerprint density at radius 2 is 2.00 bits per heavy atom. The Morgan fingerprint density at radius 3 is 2.68 bits per heavy atom. The van der Waals surface area contributed by atoms with E-state index in [4.69, 9.17) is 15.2 Å². The van der Waals surface area contributed by atoms with E-state index in [1.807, 2.05) is 32.0 Å². The van der Waals surface area contributed by atoms with Gasteiger partial charge in [-0.3, -0.25) is 4.79 Å². The van der Waals surface area contributed by atoms with Crippen LogP contribution in [0.25, 0.3) is 11.0 Å². The predicted octanol–water partition coefficient (Wildman–Crippen LogP) is 1.96. The number of aromatic nitrogens is 3. The molecule has 0 saturated carbocycles. The van der Waals surface area contributed by atoms with Gasteiger partial charge in [0.2, 0.25) is 0 Å². The zero-order valence-electron chi connectivity index (χ0n) is 16.5. The molecule has 0 aliphatic heterocycles. The molecule has 3 N–H and O–H groups in total. The summed E-state index contributed by atoms with van der Waals surface area (Å²) in [7, 11) is 3.23. The largest absolute Gasteiger partial charge is 0.497 e. The van der Waals surface area contributed by atoms with Crippen molar-refractivity contribution in [3.05, 3.63) is 47.8 Å². The number of ether oxygens (including phenoxy) is 2. The van der Waals surface area contributed by atoms with Crippen LogP contribution in [0.3, 0.4) is 0 Å². The smallest absolute Gasteiger partial charge is 0.252 e. The second-order valence-electron chi connectivity index (χ2n) is 7.29. The van der Waals surface area contributed by atoms with Crippen molar-refractivity contribution >= 4 is 16.9 Å². The lowest BCUT2D eigenvalue weighted by Crippen LogP contribution is -2.45. The average Bonchev–Trinajstić information content (AvgIpc) is 3.07. The van der Waals surface area contributed by atoms with Crippen LogP contribution in [0.1, 0.15) is 29.8 Å². The lowest BCUT2D eigenvalue weighted by molar-refractivity contribution is 0.0946. The van der Waals surface area contributed by atoms with Crippen LogP contribution in [0.5, 0.6) is 11.5 Å². The molecule has 3 aromatic rings. The number of carbonyl (C=O) groups is 1. The van der Waals surface area contributed by atoms with Crippen LogP contribution in [0.4, 0.5) is 0 Å². The lowest BCUT2D eigenvalue weighted by Gasteiger charge is -2.18. The van der Waals surface area contributed by atoms with Crippen LogP contribution in [0.2, 0.25) is 0 Å². The number of methoxy groups -OCH3 is 2. The number of hydrogen-bond donors (Lipinski definition) is 2. The maximum atomic E-state index is 12.3. The van der Waals surface area contributed by atoms with Crippen LogP contribution in [-0.2, 0) is 6.54 Å². The van der Waals surface area contributed by atoms with Crippen LogP contribution in [-0.4, -0.2) is 47.0 Å². The van der Waals surface area contributed by atoms with Gasteiger partial charge in [0.25, 0.3) is 5.91 Å². The number of amides is 1. The summed E-state index contributed by atoms with van der Waals surface area (Å²) in [5.41, 5.74) is 7.54. The fourth-order valence-electron chi connectivity index (χ4n) is 2.77. The third-order valence-corrected chi connectivity index (χ3v) is 4.26. The first-order valence-electron chi connectivity index (χ1n) is 8.90. The highest BCUT2D eigenvalue weighted by Gasteiger charge is 2.15. The molecule has 0 radical (unpaired) electrons. The Balaban J connectivity index is 1.82. The van der Waals surface area contributed by atoms with Gasteiger partial charge in [0.1, 0.15) is 11.5 Å². The van der Waals surface area contributed by atoms with E-state index in [9.17, 15) is 4.79 Å². The molecule has 3 rings (SSSR count). The molecule has 1 amide bonds. The normalized spacial score (nSPS) is 11.5. The van der Waals surface area contributed by atoms with E-state index < -0.39 is 5.54 Å². The number of pyridine rings is 1. The van der Waals surface area contributed by atoms with Crippen molar-refractivity contribution in [1.82, 2.24) is 20.1 Å². The number of hydrogen-bond acceptors (Lipinski definition) is 6. The van der Waals surface area contributed by atoms with Crippen molar-refractivity contribution in [2.75, 3.05) is 20.8 Å². The minimum atomic E-state index is -0.477. The topological polar surface area (TPSA) is 104 Å². The molecule has 8 heteroatoms. The molecule has 1 aromatic carbocycles. The fourth-order valence-corrected chi connectivity index (χ4v) is 2.77. The van der Waals surface area contributed by atoms with Gasteiger partial charge in [-0.25, -0.2) is 9.67 Å². The number of nitrogens with two attached hydrogens (primary N) is 1. The number of benzene rings is 1. The van der Waals surface area contributed by atoms with Crippen LogP contribution >= 0.6 is 0 Å². The SMILES string of the molecule is COc1ccc(Cn2ncc3cc(C(=O)NCC(C)(C)N)cnc32)c(OC)c1. The van der Waals surface area contributed by atoms with E-state index in [1.165, 1.54) is 0 Å². The molecule has 0 bridgehead atoms. The van der Waals surface area contributed by atoms with E-state index in [0.717, 1.165) is 16.7 Å². The van der Waals surface area contributed by atoms with E-state index in [0.29, 0.717) is 30.0 Å². The summed E-state index contributed by atoms with van der Waals surface area (Å²) in [6.45, 7) is 4.56. The molecule has 28 heavy (non-hydrogen) atoms. The van der Waals surface area contributed by atoms with Crippen molar-refractivity contribution in [1.29, 1.82) is 0 Å². The summed E-state index contributed by atoms with van der Waals surface area (Å²) in [6, 6.07) is 7.41. The summed E-state index contributed by atoms with van der Waals surface area (Å²) >= 11 is 0. The molecule has 0 atom stereocenters. The summed E-state index contributed by atoms with van der Waals surface area (Å²) in [5.74, 6) is 1.22. The average molecular weight is 383 g/mol. The molecule has 0 saturated heterocycles. The summed E-state index contributed by atoms with van der Waals surface area (Å²) < 4.78 is 12.5. The second-order valence-corrected chi connectivity index (χ2v) is 7.29. The summed E-state index contributed by atoms with van der Waals surface area (Å²) in [4.78, 5) is 16.7. The van der Waals surface area contributed by atoms with Crippen molar-refractivity contribution in [3.63, 3.8) is 0 Å². The molecule has 0 spiro atoms.